The lowest BCUT2D eigenvalue weighted by atomic mass is 9.89. The van der Waals surface area contributed by atoms with Crippen molar-refractivity contribution in [3.05, 3.63) is 52.7 Å². The molecule has 1 saturated heterocycles. The van der Waals surface area contributed by atoms with Gasteiger partial charge in [0, 0.05) is 64.1 Å². The van der Waals surface area contributed by atoms with Crippen LogP contribution in [-0.2, 0) is 21.3 Å². The average molecular weight is 587 g/mol. The molecule has 1 saturated carbocycles. The molecule has 2 unspecified atom stereocenters. The Morgan fingerprint density at radius 3 is 2.48 bits per heavy atom. The Hall–Kier alpha value is -3.39. The first-order chi connectivity index (χ1) is 20.2. The van der Waals surface area contributed by atoms with Gasteiger partial charge in [0.15, 0.2) is 11.8 Å². The third-order valence-electron chi connectivity index (χ3n) is 8.48. The summed E-state index contributed by atoms with van der Waals surface area (Å²) in [5, 5.41) is 9.34. The lowest BCUT2D eigenvalue weighted by Gasteiger charge is -2.34. The minimum absolute atomic E-state index is 0.0191. The first-order valence-electron chi connectivity index (χ1n) is 14.0. The number of nitrogens with zero attached hydrogens (tertiary/aromatic N) is 6. The van der Waals surface area contributed by atoms with Crippen LogP contribution in [0.1, 0.15) is 37.1 Å². The van der Waals surface area contributed by atoms with Gasteiger partial charge in [0.1, 0.15) is 5.52 Å². The molecule has 0 spiro atoms. The van der Waals surface area contributed by atoms with Crippen molar-refractivity contribution in [1.82, 2.24) is 29.2 Å². The molecule has 0 N–H and O–H groups in total. The molecule has 2 aliphatic rings. The number of benzene rings is 1. The lowest BCUT2D eigenvalue weighted by molar-refractivity contribution is -0.225. The molecule has 2 atom stereocenters. The molecule has 224 valence electrons. The van der Waals surface area contributed by atoms with Crippen LogP contribution in [0.2, 0.25) is 0 Å². The van der Waals surface area contributed by atoms with E-state index in [0.29, 0.717) is 35.3 Å². The molecule has 3 aromatic heterocycles. The van der Waals surface area contributed by atoms with E-state index < -0.39 is 12.3 Å². The number of aryl methyl sites for hydroxylation is 1. The summed E-state index contributed by atoms with van der Waals surface area (Å²) in [4.78, 5) is 19.4. The van der Waals surface area contributed by atoms with Gasteiger partial charge in [-0.2, -0.15) is 13.2 Å². The average Bonchev–Trinajstić information content (AvgIpc) is 3.52. The molecule has 1 aliphatic carbocycles. The molecular formula is C29H33F3N6O4. The van der Waals surface area contributed by atoms with Crippen molar-refractivity contribution in [2.24, 2.45) is 7.05 Å². The number of imidazole rings is 1. The largest absolute Gasteiger partial charge is 0.420 e. The van der Waals surface area contributed by atoms with Crippen molar-refractivity contribution >= 4 is 22.1 Å². The summed E-state index contributed by atoms with van der Waals surface area (Å²) in [6, 6.07) is 8.43. The number of ether oxygens (including phenoxy) is 3. The summed E-state index contributed by atoms with van der Waals surface area (Å²) in [5.41, 5.74) is 2.73. The molecule has 1 aromatic carbocycles. The van der Waals surface area contributed by atoms with Crippen LogP contribution in [0.15, 0.2) is 41.3 Å². The number of halogens is 3. The van der Waals surface area contributed by atoms with Gasteiger partial charge in [0.2, 0.25) is 0 Å². The molecule has 13 heteroatoms. The highest BCUT2D eigenvalue weighted by Crippen LogP contribution is 2.38. The Morgan fingerprint density at radius 2 is 1.81 bits per heavy atom. The maximum absolute atomic E-state index is 13.9. The van der Waals surface area contributed by atoms with Crippen LogP contribution >= 0.6 is 0 Å². The fourth-order valence-electron chi connectivity index (χ4n) is 5.92. The van der Waals surface area contributed by atoms with E-state index in [1.165, 1.54) is 16.8 Å². The van der Waals surface area contributed by atoms with Crippen LogP contribution in [0.3, 0.4) is 0 Å². The summed E-state index contributed by atoms with van der Waals surface area (Å²) >= 11 is 0. The molecule has 6 rings (SSSR count). The standard InChI is InChI=1S/C29H33F3N6O4/c1-36-27-25(38(28(36)39)19-13-21(14-19)41-3)22-12-17(4-6-23(22)34-35-27)18-5-7-24(33-15-18)26(29(30,31)32)42-11-10-37-9-8-20(16-37)40-2/h4-7,12,15,19-21,26H,8-11,13-14,16H2,1-3H3. The lowest BCUT2D eigenvalue weighted by Crippen LogP contribution is -2.37. The molecule has 42 heavy (non-hydrogen) atoms. The summed E-state index contributed by atoms with van der Waals surface area (Å²) in [5.74, 6) is 0. The zero-order valence-corrected chi connectivity index (χ0v) is 23.7. The first kappa shape index (κ1) is 28.7. The number of hydrogen-bond donors (Lipinski definition) is 0. The minimum atomic E-state index is -4.61. The van der Waals surface area contributed by atoms with E-state index in [1.54, 1.807) is 38.0 Å². The number of methoxy groups -OCH3 is 2. The molecule has 0 amide bonds. The fraction of sp³-hybridized carbons (Fsp3) is 0.517. The number of pyridine rings is 1. The van der Waals surface area contributed by atoms with Crippen molar-refractivity contribution in [2.45, 2.75) is 49.8 Å². The zero-order valence-electron chi connectivity index (χ0n) is 23.7. The van der Waals surface area contributed by atoms with Gasteiger partial charge >= 0.3 is 11.9 Å². The van der Waals surface area contributed by atoms with Gasteiger partial charge in [-0.15, -0.1) is 10.2 Å². The highest BCUT2D eigenvalue weighted by atomic mass is 19.4. The maximum Gasteiger partial charge on any atom is 0.420 e. The molecular weight excluding hydrogens is 553 g/mol. The molecule has 0 radical (unpaired) electrons. The smallest absolute Gasteiger partial charge is 0.381 e. The molecule has 1 aliphatic heterocycles. The van der Waals surface area contributed by atoms with Gasteiger partial charge in [0.25, 0.3) is 0 Å². The highest BCUT2D eigenvalue weighted by molar-refractivity contribution is 6.02. The Kier molecular flexibility index (Phi) is 7.77. The summed E-state index contributed by atoms with van der Waals surface area (Å²) < 4.78 is 61.1. The van der Waals surface area contributed by atoms with Crippen LogP contribution in [0.25, 0.3) is 33.2 Å². The predicted octanol–water partition coefficient (Wildman–Crippen LogP) is 4.04. The van der Waals surface area contributed by atoms with Crippen molar-refractivity contribution in [3.63, 3.8) is 0 Å². The minimum Gasteiger partial charge on any atom is -0.381 e. The van der Waals surface area contributed by atoms with Gasteiger partial charge in [-0.3, -0.25) is 19.0 Å². The zero-order chi connectivity index (χ0) is 29.6. The molecule has 4 heterocycles. The van der Waals surface area contributed by atoms with Crippen molar-refractivity contribution < 1.29 is 27.4 Å². The summed E-state index contributed by atoms with van der Waals surface area (Å²) in [6.07, 6.45) is -2.82. The van der Waals surface area contributed by atoms with Gasteiger partial charge in [-0.1, -0.05) is 12.1 Å². The van der Waals surface area contributed by atoms with Crippen LogP contribution in [0.4, 0.5) is 13.2 Å². The Morgan fingerprint density at radius 1 is 1.05 bits per heavy atom. The number of alkyl halides is 3. The van der Waals surface area contributed by atoms with Crippen LogP contribution in [0, 0.1) is 0 Å². The van der Waals surface area contributed by atoms with Crippen LogP contribution in [0.5, 0.6) is 0 Å². The van der Waals surface area contributed by atoms with Crippen molar-refractivity contribution in [3.8, 4) is 11.1 Å². The predicted molar refractivity (Wildman–Crippen MR) is 149 cm³/mol. The third kappa shape index (κ3) is 5.30. The number of rotatable bonds is 9. The molecule has 2 fully saturated rings. The van der Waals surface area contributed by atoms with E-state index in [4.69, 9.17) is 14.2 Å². The fourth-order valence-corrected chi connectivity index (χ4v) is 5.92. The van der Waals surface area contributed by atoms with E-state index in [1.807, 2.05) is 17.0 Å². The van der Waals surface area contributed by atoms with E-state index >= 15 is 0 Å². The van der Waals surface area contributed by atoms with E-state index in [2.05, 4.69) is 15.2 Å². The van der Waals surface area contributed by atoms with E-state index in [9.17, 15) is 18.0 Å². The van der Waals surface area contributed by atoms with Crippen LogP contribution in [-0.4, -0.2) is 88.1 Å². The number of fused-ring (bicyclic) bond motifs is 3. The normalized spacial score (nSPS) is 22.2. The van der Waals surface area contributed by atoms with Crippen molar-refractivity contribution in [1.29, 1.82) is 0 Å². The van der Waals surface area contributed by atoms with Gasteiger partial charge in [0.05, 0.1) is 30.0 Å². The van der Waals surface area contributed by atoms with Gasteiger partial charge in [-0.05, 0) is 43.0 Å². The first-order valence-corrected chi connectivity index (χ1v) is 14.0. The maximum atomic E-state index is 13.9. The quantitative estimate of drug-likeness (QED) is 0.290. The SMILES string of the molecule is COC1CC(n2c(=O)n(C)c3nnc4ccc(-c5ccc(C(OCCN6CCC(OC)C6)C(F)(F)F)nc5)cc4c32)C1. The highest BCUT2D eigenvalue weighted by Gasteiger charge is 2.43. The van der Waals surface area contributed by atoms with E-state index in [-0.39, 0.29) is 36.2 Å². The van der Waals surface area contributed by atoms with Gasteiger partial charge in [-0.25, -0.2) is 4.79 Å². The topological polar surface area (TPSA) is 96.5 Å². The molecule has 10 nitrogen and oxygen atoms in total. The summed E-state index contributed by atoms with van der Waals surface area (Å²) in [6.45, 7) is 1.76. The van der Waals surface area contributed by atoms with Gasteiger partial charge < -0.3 is 14.2 Å². The number of likely N-dealkylation sites (tertiary alicyclic amines) is 1. The van der Waals surface area contributed by atoms with Crippen LogP contribution < -0.4 is 5.69 Å². The molecule has 0 bridgehead atoms. The molecule has 4 aromatic rings. The Bertz CT molecular complexity index is 1630. The number of hydrogen-bond acceptors (Lipinski definition) is 8. The second kappa shape index (κ2) is 11.4. The Balaban J connectivity index is 1.27. The third-order valence-corrected chi connectivity index (χ3v) is 8.48. The van der Waals surface area contributed by atoms with E-state index in [0.717, 1.165) is 36.8 Å². The second-order valence-corrected chi connectivity index (χ2v) is 11.0. The van der Waals surface area contributed by atoms with Crippen molar-refractivity contribution in [2.75, 3.05) is 40.5 Å². The number of aromatic nitrogens is 5. The Labute approximate surface area is 240 Å². The second-order valence-electron chi connectivity index (χ2n) is 11.0. The monoisotopic (exact) mass is 586 g/mol. The summed E-state index contributed by atoms with van der Waals surface area (Å²) in [7, 11) is 4.97.